The molecule has 3 aromatic rings. The van der Waals surface area contributed by atoms with E-state index in [0.717, 1.165) is 40.4 Å². The Morgan fingerprint density at radius 1 is 1.12 bits per heavy atom. The number of aromatic nitrogens is 1. The molecule has 0 fully saturated rings. The molecule has 2 aliphatic rings. The van der Waals surface area contributed by atoms with Gasteiger partial charge in [-0.3, -0.25) is 14.9 Å². The average Bonchev–Trinajstić information content (AvgIpc) is 3.44. The molecule has 0 radical (unpaired) electrons. The van der Waals surface area contributed by atoms with Crippen molar-refractivity contribution in [1.82, 2.24) is 4.98 Å². The number of amides is 2. The van der Waals surface area contributed by atoms with Crippen molar-refractivity contribution in [3.63, 3.8) is 0 Å². The van der Waals surface area contributed by atoms with Crippen molar-refractivity contribution in [2.24, 2.45) is 0 Å². The summed E-state index contributed by atoms with van der Waals surface area (Å²) in [7, 11) is 1.62. The van der Waals surface area contributed by atoms with Gasteiger partial charge in [-0.15, -0.1) is 11.3 Å². The van der Waals surface area contributed by atoms with E-state index in [4.69, 9.17) is 14.2 Å². The Balaban J connectivity index is 1.31. The van der Waals surface area contributed by atoms with Crippen LogP contribution in [0, 0.1) is 6.92 Å². The van der Waals surface area contributed by atoms with E-state index in [1.807, 2.05) is 25.1 Å². The summed E-state index contributed by atoms with van der Waals surface area (Å²) in [6.07, 6.45) is 2.45. The van der Waals surface area contributed by atoms with E-state index in [1.54, 1.807) is 25.3 Å². The lowest BCUT2D eigenvalue weighted by Gasteiger charge is -2.20. The fourth-order valence-corrected chi connectivity index (χ4v) is 5.18. The summed E-state index contributed by atoms with van der Waals surface area (Å²) in [6.45, 7) is 2.09. The number of carbonyl (C=O) groups excluding carboxylic acids is 2. The molecule has 9 heteroatoms. The van der Waals surface area contributed by atoms with Gasteiger partial charge in [-0.25, -0.2) is 4.98 Å². The van der Waals surface area contributed by atoms with E-state index in [0.29, 0.717) is 28.6 Å². The smallest absolute Gasteiger partial charge is 0.257 e. The number of thiazole rings is 1. The zero-order valence-electron chi connectivity index (χ0n) is 18.3. The van der Waals surface area contributed by atoms with E-state index in [9.17, 15) is 9.59 Å². The Kier molecular flexibility index (Phi) is 5.63. The van der Waals surface area contributed by atoms with Crippen LogP contribution in [0.25, 0.3) is 0 Å². The summed E-state index contributed by atoms with van der Waals surface area (Å²) in [5.41, 5.74) is 2.87. The molecule has 0 saturated carbocycles. The number of aryl methyl sites for hydroxylation is 2. The summed E-state index contributed by atoms with van der Waals surface area (Å²) in [4.78, 5) is 31.5. The number of hydrogen-bond donors (Lipinski definition) is 2. The first-order valence-corrected chi connectivity index (χ1v) is 11.5. The summed E-state index contributed by atoms with van der Waals surface area (Å²) < 4.78 is 15.9. The molecular formula is C24H23N3O5S. The number of fused-ring (bicyclic) bond motifs is 2. The Morgan fingerprint density at radius 3 is 2.79 bits per heavy atom. The van der Waals surface area contributed by atoms with Gasteiger partial charge in [0.15, 0.2) is 16.6 Å². The normalized spacial score (nSPS) is 16.1. The van der Waals surface area contributed by atoms with Gasteiger partial charge in [0.05, 0.1) is 18.7 Å². The monoisotopic (exact) mass is 465 g/mol. The lowest BCUT2D eigenvalue weighted by atomic mass is 9.90. The number of benzene rings is 2. The summed E-state index contributed by atoms with van der Waals surface area (Å²) >= 11 is 1.42. The van der Waals surface area contributed by atoms with Gasteiger partial charge in [0.2, 0.25) is 12.7 Å². The maximum Gasteiger partial charge on any atom is 0.257 e. The van der Waals surface area contributed by atoms with Gasteiger partial charge in [0.25, 0.3) is 5.91 Å². The number of rotatable bonds is 5. The molecule has 1 aromatic heterocycles. The Hall–Kier alpha value is -3.59. The predicted octanol–water partition coefficient (Wildman–Crippen LogP) is 4.50. The largest absolute Gasteiger partial charge is 0.496 e. The molecule has 0 spiro atoms. The number of nitrogens with one attached hydrogen (secondary N) is 2. The van der Waals surface area contributed by atoms with Gasteiger partial charge >= 0.3 is 0 Å². The first-order valence-electron chi connectivity index (χ1n) is 10.7. The van der Waals surface area contributed by atoms with E-state index >= 15 is 0 Å². The van der Waals surface area contributed by atoms with Crippen molar-refractivity contribution < 1.29 is 23.8 Å². The third-order valence-electron chi connectivity index (χ3n) is 5.79. The highest BCUT2D eigenvalue weighted by atomic mass is 32.1. The highest BCUT2D eigenvalue weighted by Crippen LogP contribution is 2.38. The maximum atomic E-state index is 13.1. The number of hydrogen-bond acceptors (Lipinski definition) is 7. The SMILES string of the molecule is COc1ccc(NC(=O)C2CCCc3sc(NC(=O)c4ccc5c(c4)OCO5)nc32)cc1C. The molecule has 33 heavy (non-hydrogen) atoms. The van der Waals surface area contributed by atoms with Crippen LogP contribution in [0.3, 0.4) is 0 Å². The lowest BCUT2D eigenvalue weighted by Crippen LogP contribution is -2.24. The minimum atomic E-state index is -0.358. The van der Waals surface area contributed by atoms with Crippen LogP contribution in [-0.4, -0.2) is 30.7 Å². The second-order valence-electron chi connectivity index (χ2n) is 7.97. The third-order valence-corrected chi connectivity index (χ3v) is 6.83. The zero-order chi connectivity index (χ0) is 22.9. The van der Waals surface area contributed by atoms with Gasteiger partial charge in [-0.2, -0.15) is 0 Å². The van der Waals surface area contributed by atoms with Gasteiger partial charge in [-0.1, -0.05) is 0 Å². The quantitative estimate of drug-likeness (QED) is 0.576. The van der Waals surface area contributed by atoms with E-state index in [-0.39, 0.29) is 24.5 Å². The molecule has 170 valence electrons. The first-order chi connectivity index (χ1) is 16.0. The van der Waals surface area contributed by atoms with Crippen LogP contribution >= 0.6 is 11.3 Å². The van der Waals surface area contributed by atoms with Crippen LogP contribution in [0.1, 0.15) is 45.3 Å². The van der Waals surface area contributed by atoms with Crippen LogP contribution in [0.5, 0.6) is 17.2 Å². The molecule has 0 saturated heterocycles. The Labute approximate surface area is 194 Å². The fraction of sp³-hybridized carbons (Fsp3) is 0.292. The summed E-state index contributed by atoms with van der Waals surface area (Å²) in [5.74, 6) is 1.20. The second-order valence-corrected chi connectivity index (χ2v) is 9.05. The molecule has 0 bridgehead atoms. The molecule has 1 atom stereocenters. The fourth-order valence-electron chi connectivity index (χ4n) is 4.12. The van der Waals surface area contributed by atoms with E-state index in [2.05, 4.69) is 15.6 Å². The average molecular weight is 466 g/mol. The highest BCUT2D eigenvalue weighted by Gasteiger charge is 2.31. The first kappa shape index (κ1) is 21.3. The van der Waals surface area contributed by atoms with Crippen molar-refractivity contribution in [2.75, 3.05) is 24.5 Å². The van der Waals surface area contributed by atoms with Crippen molar-refractivity contribution >= 4 is 34.0 Å². The minimum absolute atomic E-state index is 0.0977. The molecule has 1 aliphatic carbocycles. The van der Waals surface area contributed by atoms with Crippen molar-refractivity contribution in [2.45, 2.75) is 32.1 Å². The topological polar surface area (TPSA) is 98.8 Å². The molecule has 2 aromatic carbocycles. The van der Waals surface area contributed by atoms with Crippen LogP contribution < -0.4 is 24.8 Å². The Morgan fingerprint density at radius 2 is 1.97 bits per heavy atom. The lowest BCUT2D eigenvalue weighted by molar-refractivity contribution is -0.117. The number of anilines is 2. The van der Waals surface area contributed by atoms with Crippen molar-refractivity contribution in [3.05, 3.63) is 58.1 Å². The van der Waals surface area contributed by atoms with Crippen LogP contribution in [0.15, 0.2) is 36.4 Å². The third kappa shape index (κ3) is 4.23. The predicted molar refractivity (Wildman–Crippen MR) is 125 cm³/mol. The molecule has 8 nitrogen and oxygen atoms in total. The van der Waals surface area contributed by atoms with Gasteiger partial charge in [0, 0.05) is 16.1 Å². The number of carbonyl (C=O) groups is 2. The molecule has 1 aliphatic heterocycles. The minimum Gasteiger partial charge on any atom is -0.496 e. The summed E-state index contributed by atoms with van der Waals surface area (Å²) in [6, 6.07) is 10.6. The molecule has 2 heterocycles. The van der Waals surface area contributed by atoms with Crippen LogP contribution in [0.2, 0.25) is 0 Å². The molecule has 2 N–H and O–H groups in total. The van der Waals surface area contributed by atoms with E-state index in [1.165, 1.54) is 11.3 Å². The second kappa shape index (κ2) is 8.74. The number of ether oxygens (including phenoxy) is 3. The molecular weight excluding hydrogens is 442 g/mol. The van der Waals surface area contributed by atoms with Crippen LogP contribution in [0.4, 0.5) is 10.8 Å². The van der Waals surface area contributed by atoms with Crippen molar-refractivity contribution in [1.29, 1.82) is 0 Å². The zero-order valence-corrected chi connectivity index (χ0v) is 19.1. The van der Waals surface area contributed by atoms with E-state index < -0.39 is 0 Å². The Bertz CT molecular complexity index is 1240. The standard InChI is InChI=1S/C24H23N3O5S/c1-13-10-15(7-9-17(13)30-2)25-23(29)16-4-3-5-20-21(16)26-24(33-20)27-22(28)14-6-8-18-19(11-14)32-12-31-18/h6-11,16H,3-5,12H2,1-2H3,(H,25,29)(H,26,27,28). The van der Waals surface area contributed by atoms with Gasteiger partial charge in [-0.05, 0) is 68.1 Å². The number of methoxy groups -OCH3 is 1. The summed E-state index contributed by atoms with van der Waals surface area (Å²) in [5, 5.41) is 6.35. The van der Waals surface area contributed by atoms with Gasteiger partial charge < -0.3 is 19.5 Å². The molecule has 2 amide bonds. The van der Waals surface area contributed by atoms with Crippen LogP contribution in [-0.2, 0) is 11.2 Å². The van der Waals surface area contributed by atoms with Crippen molar-refractivity contribution in [3.8, 4) is 17.2 Å². The maximum absolute atomic E-state index is 13.1. The highest BCUT2D eigenvalue weighted by molar-refractivity contribution is 7.16. The molecule has 5 rings (SSSR count). The van der Waals surface area contributed by atoms with Gasteiger partial charge in [0.1, 0.15) is 5.75 Å². The molecule has 1 unspecified atom stereocenters. The number of nitrogens with zero attached hydrogens (tertiary/aromatic N) is 1.